The van der Waals surface area contributed by atoms with Gasteiger partial charge in [0.05, 0.1) is 10.6 Å². The number of benzene rings is 2. The Hall–Kier alpha value is -1.61. The van der Waals surface area contributed by atoms with Crippen molar-refractivity contribution in [1.29, 1.82) is 0 Å². The summed E-state index contributed by atoms with van der Waals surface area (Å²) >= 11 is 0. The molecule has 1 heterocycles. The first-order valence-electron chi connectivity index (χ1n) is 6.55. The van der Waals surface area contributed by atoms with E-state index < -0.39 is 9.84 Å². The van der Waals surface area contributed by atoms with Crippen molar-refractivity contribution in [3.63, 3.8) is 0 Å². The highest BCUT2D eigenvalue weighted by Gasteiger charge is 2.27. The van der Waals surface area contributed by atoms with Crippen LogP contribution in [0.1, 0.15) is 29.9 Å². The van der Waals surface area contributed by atoms with Crippen molar-refractivity contribution in [2.24, 2.45) is 0 Å². The molecule has 19 heavy (non-hydrogen) atoms. The molecule has 3 rings (SSSR count). The smallest absolute Gasteiger partial charge is 0.178 e. The second-order valence-electron chi connectivity index (χ2n) is 4.96. The van der Waals surface area contributed by atoms with Crippen LogP contribution in [0.3, 0.4) is 0 Å². The second-order valence-corrected chi connectivity index (χ2v) is 7.04. The molecule has 2 aromatic rings. The van der Waals surface area contributed by atoms with Crippen LogP contribution in [-0.2, 0) is 9.84 Å². The van der Waals surface area contributed by atoms with Crippen molar-refractivity contribution in [2.75, 3.05) is 5.75 Å². The summed E-state index contributed by atoms with van der Waals surface area (Å²) in [5.41, 5.74) is 2.15. The summed E-state index contributed by atoms with van der Waals surface area (Å²) in [4.78, 5) is 0.515. The first-order chi connectivity index (χ1) is 9.18. The number of sulfone groups is 1. The van der Waals surface area contributed by atoms with E-state index >= 15 is 0 Å². The highest BCUT2D eigenvalue weighted by Crippen LogP contribution is 2.36. The average Bonchev–Trinajstić information content (AvgIpc) is 2.57. The van der Waals surface area contributed by atoms with E-state index in [1.165, 1.54) is 5.56 Å². The number of hydrogen-bond donors (Lipinski definition) is 0. The maximum atomic E-state index is 12.3. The molecular weight excluding hydrogens is 256 g/mol. The van der Waals surface area contributed by atoms with Gasteiger partial charge in [-0.1, -0.05) is 48.5 Å². The Bertz CT molecular complexity index is 675. The monoisotopic (exact) mass is 272 g/mol. The van der Waals surface area contributed by atoms with Crippen LogP contribution in [0.15, 0.2) is 59.5 Å². The van der Waals surface area contributed by atoms with E-state index in [-0.39, 0.29) is 11.7 Å². The van der Waals surface area contributed by atoms with Crippen LogP contribution >= 0.6 is 0 Å². The molecule has 0 bridgehead atoms. The normalized spacial score (nSPS) is 21.4. The van der Waals surface area contributed by atoms with Crippen molar-refractivity contribution in [1.82, 2.24) is 0 Å². The fraction of sp³-hybridized carbons (Fsp3) is 0.250. The lowest BCUT2D eigenvalue weighted by Crippen LogP contribution is -2.06. The van der Waals surface area contributed by atoms with Crippen LogP contribution in [0.4, 0.5) is 0 Å². The minimum absolute atomic E-state index is 0.190. The highest BCUT2D eigenvalue weighted by atomic mass is 32.2. The lowest BCUT2D eigenvalue weighted by atomic mass is 9.88. The van der Waals surface area contributed by atoms with E-state index in [1.807, 2.05) is 36.4 Å². The molecular formula is C16H16O2S. The van der Waals surface area contributed by atoms with Crippen LogP contribution in [0.5, 0.6) is 0 Å². The summed E-state index contributed by atoms with van der Waals surface area (Å²) in [6.07, 6.45) is 1.61. The Morgan fingerprint density at radius 2 is 1.58 bits per heavy atom. The van der Waals surface area contributed by atoms with Crippen molar-refractivity contribution in [2.45, 2.75) is 23.7 Å². The Kier molecular flexibility index (Phi) is 3.15. The molecule has 0 saturated heterocycles. The zero-order valence-electron chi connectivity index (χ0n) is 10.6. The summed E-state index contributed by atoms with van der Waals surface area (Å²) in [5.74, 6) is 0.447. The van der Waals surface area contributed by atoms with Crippen LogP contribution < -0.4 is 0 Å². The van der Waals surface area contributed by atoms with Crippen LogP contribution in [0.2, 0.25) is 0 Å². The summed E-state index contributed by atoms with van der Waals surface area (Å²) in [6, 6.07) is 17.6. The van der Waals surface area contributed by atoms with Crippen molar-refractivity contribution >= 4 is 9.84 Å². The third-order valence-electron chi connectivity index (χ3n) is 3.74. The van der Waals surface area contributed by atoms with Crippen molar-refractivity contribution in [3.8, 4) is 0 Å². The molecule has 1 aliphatic heterocycles. The topological polar surface area (TPSA) is 34.1 Å². The molecule has 1 aliphatic rings. The van der Waals surface area contributed by atoms with Crippen molar-refractivity contribution < 1.29 is 8.42 Å². The van der Waals surface area contributed by atoms with Gasteiger partial charge in [0, 0.05) is 5.92 Å². The first kappa shape index (κ1) is 12.4. The molecule has 0 aromatic heterocycles. The Balaban J connectivity index is 2.18. The second kappa shape index (κ2) is 4.82. The van der Waals surface area contributed by atoms with E-state index in [1.54, 1.807) is 6.07 Å². The third kappa shape index (κ3) is 2.30. The minimum atomic E-state index is -3.12. The standard InChI is InChI=1S/C16H16O2S/c17-19(18)12-6-10-14(13-7-2-1-3-8-13)15-9-4-5-11-16(15)19/h1-5,7-9,11,14H,6,10,12H2. The molecule has 2 nitrogen and oxygen atoms in total. The summed E-state index contributed by atoms with van der Waals surface area (Å²) in [6.45, 7) is 0. The van der Waals surface area contributed by atoms with Gasteiger partial charge in [0.2, 0.25) is 0 Å². The molecule has 1 unspecified atom stereocenters. The first-order valence-corrected chi connectivity index (χ1v) is 8.20. The molecule has 0 radical (unpaired) electrons. The zero-order valence-corrected chi connectivity index (χ0v) is 11.4. The fourth-order valence-corrected chi connectivity index (χ4v) is 4.45. The zero-order chi connectivity index (χ0) is 13.3. The predicted molar refractivity (Wildman–Crippen MR) is 76.0 cm³/mol. The number of rotatable bonds is 1. The highest BCUT2D eigenvalue weighted by molar-refractivity contribution is 7.91. The Morgan fingerprint density at radius 3 is 2.37 bits per heavy atom. The Labute approximate surface area is 114 Å². The SMILES string of the molecule is O=S1(=O)CCCC(c2ccccc2)c2ccccc21. The molecule has 2 aromatic carbocycles. The molecule has 0 aliphatic carbocycles. The van der Waals surface area contributed by atoms with Gasteiger partial charge in [-0.3, -0.25) is 0 Å². The maximum absolute atomic E-state index is 12.3. The summed E-state index contributed by atoms with van der Waals surface area (Å²) < 4.78 is 24.5. The average molecular weight is 272 g/mol. The molecule has 0 fully saturated rings. The quantitative estimate of drug-likeness (QED) is 0.797. The third-order valence-corrected chi connectivity index (χ3v) is 5.61. The van der Waals surface area contributed by atoms with E-state index in [4.69, 9.17) is 0 Å². The molecule has 98 valence electrons. The van der Waals surface area contributed by atoms with Crippen LogP contribution in [0.25, 0.3) is 0 Å². The van der Waals surface area contributed by atoms with Crippen LogP contribution in [-0.4, -0.2) is 14.2 Å². The lowest BCUT2D eigenvalue weighted by Gasteiger charge is -2.17. The van der Waals surface area contributed by atoms with Gasteiger partial charge in [0.1, 0.15) is 0 Å². The maximum Gasteiger partial charge on any atom is 0.178 e. The van der Waals surface area contributed by atoms with Gasteiger partial charge < -0.3 is 0 Å². The van der Waals surface area contributed by atoms with Gasteiger partial charge in [-0.05, 0) is 30.0 Å². The largest absolute Gasteiger partial charge is 0.224 e. The van der Waals surface area contributed by atoms with E-state index in [2.05, 4.69) is 12.1 Å². The Morgan fingerprint density at radius 1 is 0.895 bits per heavy atom. The van der Waals surface area contributed by atoms with Crippen LogP contribution in [0, 0.1) is 0 Å². The molecule has 1 atom stereocenters. The van der Waals surface area contributed by atoms with Gasteiger partial charge in [-0.25, -0.2) is 8.42 Å². The molecule has 3 heteroatoms. The van der Waals surface area contributed by atoms with Gasteiger partial charge in [-0.15, -0.1) is 0 Å². The van der Waals surface area contributed by atoms with E-state index in [0.29, 0.717) is 4.90 Å². The number of fused-ring (bicyclic) bond motifs is 1. The summed E-state index contributed by atoms with van der Waals surface area (Å²) in [5, 5.41) is 0. The number of hydrogen-bond acceptors (Lipinski definition) is 2. The van der Waals surface area contributed by atoms with Gasteiger partial charge in [0.15, 0.2) is 9.84 Å². The molecule has 0 amide bonds. The fourth-order valence-electron chi connectivity index (χ4n) is 2.83. The van der Waals surface area contributed by atoms with Crippen molar-refractivity contribution in [3.05, 3.63) is 65.7 Å². The van der Waals surface area contributed by atoms with Gasteiger partial charge in [-0.2, -0.15) is 0 Å². The van der Waals surface area contributed by atoms with E-state index in [9.17, 15) is 8.42 Å². The molecule has 0 saturated carbocycles. The van der Waals surface area contributed by atoms with Gasteiger partial charge in [0.25, 0.3) is 0 Å². The predicted octanol–water partition coefficient (Wildman–Crippen LogP) is 3.39. The molecule has 0 spiro atoms. The summed E-state index contributed by atoms with van der Waals surface area (Å²) in [7, 11) is -3.12. The molecule has 0 N–H and O–H groups in total. The van der Waals surface area contributed by atoms with E-state index in [0.717, 1.165) is 18.4 Å². The minimum Gasteiger partial charge on any atom is -0.224 e. The van der Waals surface area contributed by atoms with Gasteiger partial charge >= 0.3 is 0 Å². The lowest BCUT2D eigenvalue weighted by molar-refractivity contribution is 0.594.